The Morgan fingerprint density at radius 1 is 1.03 bits per heavy atom. The van der Waals surface area contributed by atoms with Crippen LogP contribution in [0.1, 0.15) is 43.2 Å². The minimum Gasteiger partial charge on any atom is -0.481 e. The number of carboxylic acids is 1. The molecule has 0 saturated heterocycles. The van der Waals surface area contributed by atoms with Crippen molar-refractivity contribution < 1.29 is 24.2 Å². The molecule has 2 aromatic rings. The van der Waals surface area contributed by atoms with Gasteiger partial charge in [0, 0.05) is 31.3 Å². The van der Waals surface area contributed by atoms with Gasteiger partial charge < -0.3 is 20.5 Å². The number of carbonyl (C=O) groups excluding carboxylic acids is 2. The van der Waals surface area contributed by atoms with Gasteiger partial charge in [0.2, 0.25) is 5.91 Å². The first-order valence-corrected chi connectivity index (χ1v) is 10.1. The van der Waals surface area contributed by atoms with Crippen LogP contribution < -0.4 is 10.6 Å². The second kappa shape index (κ2) is 9.91. The van der Waals surface area contributed by atoms with Crippen LogP contribution in [-0.2, 0) is 14.3 Å². The number of aliphatic carboxylic acids is 1. The van der Waals surface area contributed by atoms with E-state index in [4.69, 9.17) is 9.84 Å². The van der Waals surface area contributed by atoms with E-state index in [-0.39, 0.29) is 31.3 Å². The number of alkyl carbamates (subject to hydrolysis) is 1. The van der Waals surface area contributed by atoms with Crippen molar-refractivity contribution in [1.82, 2.24) is 10.6 Å². The smallest absolute Gasteiger partial charge is 0.407 e. The van der Waals surface area contributed by atoms with E-state index < -0.39 is 18.1 Å². The third-order valence-corrected chi connectivity index (χ3v) is 5.09. The number of hydrogen-bond donors (Lipinski definition) is 3. The number of carbonyl (C=O) groups is 3. The Morgan fingerprint density at radius 3 is 2.23 bits per heavy atom. The molecule has 0 spiro atoms. The van der Waals surface area contributed by atoms with E-state index in [2.05, 4.69) is 34.9 Å². The quantitative estimate of drug-likeness (QED) is 0.550. The molecule has 7 heteroatoms. The summed E-state index contributed by atoms with van der Waals surface area (Å²) in [6.07, 6.45) is -0.0940. The average Bonchev–Trinajstić information content (AvgIpc) is 3.03. The molecule has 158 valence electrons. The summed E-state index contributed by atoms with van der Waals surface area (Å²) >= 11 is 0. The summed E-state index contributed by atoms with van der Waals surface area (Å²) in [6.45, 7) is 2.23. The normalized spacial score (nSPS) is 13.1. The lowest BCUT2D eigenvalue weighted by Crippen LogP contribution is -2.38. The summed E-state index contributed by atoms with van der Waals surface area (Å²) in [5.74, 6) is -1.16. The Kier molecular flexibility index (Phi) is 7.06. The van der Waals surface area contributed by atoms with Crippen molar-refractivity contribution in [1.29, 1.82) is 0 Å². The standard InChI is InChI=1S/C23H26N2O5/c1-15(13-21(26)24-12-6-11-22(27)28)25-23(29)30-14-20-18-9-4-2-7-16(18)17-8-3-5-10-19(17)20/h2-5,7-10,15,20H,6,11-14H2,1H3,(H,24,26)(H,25,29)(H,27,28)/t15-/m0/s1. The maximum absolute atomic E-state index is 12.2. The zero-order valence-corrected chi connectivity index (χ0v) is 16.9. The predicted octanol–water partition coefficient (Wildman–Crippen LogP) is 3.28. The molecule has 1 aliphatic rings. The molecule has 2 aromatic carbocycles. The SMILES string of the molecule is C[C@@H](CC(=O)NCCCC(=O)O)NC(=O)OCC1c2ccccc2-c2ccccc21. The number of ether oxygens (including phenoxy) is 1. The van der Waals surface area contributed by atoms with Crippen LogP contribution in [0.3, 0.4) is 0 Å². The summed E-state index contributed by atoms with van der Waals surface area (Å²) in [5.41, 5.74) is 4.60. The highest BCUT2D eigenvalue weighted by atomic mass is 16.5. The van der Waals surface area contributed by atoms with Crippen LogP contribution in [0.15, 0.2) is 48.5 Å². The van der Waals surface area contributed by atoms with Crippen LogP contribution in [0.25, 0.3) is 11.1 Å². The summed E-state index contributed by atoms with van der Waals surface area (Å²) in [7, 11) is 0. The highest BCUT2D eigenvalue weighted by Crippen LogP contribution is 2.44. The van der Waals surface area contributed by atoms with Gasteiger partial charge in [-0.1, -0.05) is 48.5 Å². The van der Waals surface area contributed by atoms with Gasteiger partial charge in [0.05, 0.1) is 0 Å². The number of hydrogen-bond acceptors (Lipinski definition) is 4. The Hall–Kier alpha value is -3.35. The van der Waals surface area contributed by atoms with Crippen molar-refractivity contribution >= 4 is 18.0 Å². The minimum absolute atomic E-state index is 0.00777. The fourth-order valence-electron chi connectivity index (χ4n) is 3.71. The molecule has 0 heterocycles. The summed E-state index contributed by atoms with van der Waals surface area (Å²) in [4.78, 5) is 34.6. The van der Waals surface area contributed by atoms with E-state index in [1.54, 1.807) is 6.92 Å². The van der Waals surface area contributed by atoms with Crippen LogP contribution in [0, 0.1) is 0 Å². The Balaban J connectivity index is 1.47. The molecule has 0 radical (unpaired) electrons. The lowest BCUT2D eigenvalue weighted by Gasteiger charge is -2.17. The minimum atomic E-state index is -0.894. The lowest BCUT2D eigenvalue weighted by atomic mass is 9.98. The molecular weight excluding hydrogens is 384 g/mol. The summed E-state index contributed by atoms with van der Waals surface area (Å²) < 4.78 is 5.47. The predicted molar refractivity (Wildman–Crippen MR) is 112 cm³/mol. The van der Waals surface area contributed by atoms with Crippen LogP contribution in [0.5, 0.6) is 0 Å². The molecule has 1 aliphatic carbocycles. The van der Waals surface area contributed by atoms with Crippen molar-refractivity contribution in [2.45, 2.75) is 38.1 Å². The van der Waals surface area contributed by atoms with Crippen LogP contribution in [0.4, 0.5) is 4.79 Å². The molecular formula is C23H26N2O5. The molecule has 2 amide bonds. The maximum Gasteiger partial charge on any atom is 0.407 e. The van der Waals surface area contributed by atoms with Crippen molar-refractivity contribution in [3.05, 3.63) is 59.7 Å². The van der Waals surface area contributed by atoms with Crippen molar-refractivity contribution in [2.24, 2.45) is 0 Å². The van der Waals surface area contributed by atoms with Crippen LogP contribution >= 0.6 is 0 Å². The fraction of sp³-hybridized carbons (Fsp3) is 0.348. The first-order chi connectivity index (χ1) is 14.5. The Morgan fingerprint density at radius 2 is 1.63 bits per heavy atom. The third-order valence-electron chi connectivity index (χ3n) is 5.09. The van der Waals surface area contributed by atoms with Gasteiger partial charge in [0.15, 0.2) is 0 Å². The molecule has 0 fully saturated rings. The van der Waals surface area contributed by atoms with Gasteiger partial charge in [-0.05, 0) is 35.6 Å². The molecule has 7 nitrogen and oxygen atoms in total. The van der Waals surface area contributed by atoms with Crippen molar-refractivity contribution in [2.75, 3.05) is 13.2 Å². The van der Waals surface area contributed by atoms with E-state index in [9.17, 15) is 14.4 Å². The number of carboxylic acid groups (broad SMARTS) is 1. The number of benzene rings is 2. The highest BCUT2D eigenvalue weighted by Gasteiger charge is 2.29. The molecule has 30 heavy (non-hydrogen) atoms. The van der Waals surface area contributed by atoms with Gasteiger partial charge in [-0.15, -0.1) is 0 Å². The zero-order valence-electron chi connectivity index (χ0n) is 16.9. The molecule has 0 unspecified atom stereocenters. The van der Waals surface area contributed by atoms with E-state index in [1.807, 2.05) is 24.3 Å². The van der Waals surface area contributed by atoms with Gasteiger partial charge in [-0.3, -0.25) is 9.59 Å². The molecule has 3 rings (SSSR count). The molecule has 0 aromatic heterocycles. The first-order valence-electron chi connectivity index (χ1n) is 10.1. The molecule has 0 saturated carbocycles. The summed E-state index contributed by atoms with van der Waals surface area (Å²) in [6, 6.07) is 15.8. The number of rotatable bonds is 9. The van der Waals surface area contributed by atoms with E-state index in [0.29, 0.717) is 13.0 Å². The maximum atomic E-state index is 12.2. The van der Waals surface area contributed by atoms with Gasteiger partial charge in [-0.2, -0.15) is 0 Å². The van der Waals surface area contributed by atoms with E-state index in [1.165, 1.54) is 0 Å². The van der Waals surface area contributed by atoms with Crippen molar-refractivity contribution in [3.63, 3.8) is 0 Å². The van der Waals surface area contributed by atoms with Crippen LogP contribution in [-0.4, -0.2) is 42.3 Å². The monoisotopic (exact) mass is 410 g/mol. The first kappa shape index (κ1) is 21.4. The molecule has 1 atom stereocenters. The largest absolute Gasteiger partial charge is 0.481 e. The average molecular weight is 410 g/mol. The van der Waals surface area contributed by atoms with Gasteiger partial charge in [0.25, 0.3) is 0 Å². The molecule has 0 aliphatic heterocycles. The Labute approximate surface area is 175 Å². The summed E-state index contributed by atoms with van der Waals surface area (Å²) in [5, 5.41) is 13.9. The molecule has 0 bridgehead atoms. The number of fused-ring (bicyclic) bond motifs is 3. The topological polar surface area (TPSA) is 105 Å². The zero-order chi connectivity index (χ0) is 21.5. The van der Waals surface area contributed by atoms with Crippen LogP contribution in [0.2, 0.25) is 0 Å². The number of amides is 2. The second-order valence-corrected chi connectivity index (χ2v) is 7.42. The van der Waals surface area contributed by atoms with Crippen molar-refractivity contribution in [3.8, 4) is 11.1 Å². The van der Waals surface area contributed by atoms with Gasteiger partial charge in [0.1, 0.15) is 6.61 Å². The van der Waals surface area contributed by atoms with Gasteiger partial charge in [-0.25, -0.2) is 4.79 Å². The lowest BCUT2D eigenvalue weighted by molar-refractivity contribution is -0.137. The van der Waals surface area contributed by atoms with E-state index in [0.717, 1.165) is 22.3 Å². The van der Waals surface area contributed by atoms with Gasteiger partial charge >= 0.3 is 12.1 Å². The second-order valence-electron chi connectivity index (χ2n) is 7.42. The fourth-order valence-corrected chi connectivity index (χ4v) is 3.71. The third kappa shape index (κ3) is 5.37. The molecule has 3 N–H and O–H groups in total. The van der Waals surface area contributed by atoms with E-state index >= 15 is 0 Å². The number of nitrogens with one attached hydrogen (secondary N) is 2. The highest BCUT2D eigenvalue weighted by molar-refractivity contribution is 5.79. The Bertz CT molecular complexity index is 882.